The molecule has 2 aromatic heterocycles. The van der Waals surface area contributed by atoms with Crippen molar-refractivity contribution in [3.8, 4) is 0 Å². The Morgan fingerprint density at radius 3 is 2.84 bits per heavy atom. The van der Waals surface area contributed by atoms with Gasteiger partial charge in [-0.1, -0.05) is 11.6 Å². The number of carbonyl (C=O) groups excluding carboxylic acids is 1. The molecule has 100 valence electrons. The van der Waals surface area contributed by atoms with Gasteiger partial charge in [-0.05, 0) is 33.0 Å². The van der Waals surface area contributed by atoms with Crippen LogP contribution in [0.3, 0.4) is 0 Å². The highest BCUT2D eigenvalue weighted by Gasteiger charge is 2.29. The Kier molecular flexibility index (Phi) is 4.02. The lowest BCUT2D eigenvalue weighted by molar-refractivity contribution is -0.391. The SMILES string of the molecule is Cc1nc(Br)c([N+](=O)[O-])n1C(=O)Cc1ccc(Cl)s1. The van der Waals surface area contributed by atoms with Crippen LogP contribution < -0.4 is 0 Å². The van der Waals surface area contributed by atoms with Crippen LogP contribution in [0.5, 0.6) is 0 Å². The molecule has 6 nitrogen and oxygen atoms in total. The zero-order valence-electron chi connectivity index (χ0n) is 9.59. The third kappa shape index (κ3) is 2.85. The average molecular weight is 365 g/mol. The molecule has 19 heavy (non-hydrogen) atoms. The number of aromatic nitrogens is 2. The lowest BCUT2D eigenvalue weighted by Crippen LogP contribution is -2.16. The molecule has 0 radical (unpaired) electrons. The Labute approximate surface area is 125 Å². The van der Waals surface area contributed by atoms with E-state index in [1.165, 1.54) is 18.3 Å². The summed E-state index contributed by atoms with van der Waals surface area (Å²) in [6.07, 6.45) is 0.0435. The zero-order valence-corrected chi connectivity index (χ0v) is 12.8. The summed E-state index contributed by atoms with van der Waals surface area (Å²) in [4.78, 5) is 27.1. The number of hydrogen-bond donors (Lipinski definition) is 0. The molecule has 0 N–H and O–H groups in total. The molecule has 0 bridgehead atoms. The van der Waals surface area contributed by atoms with Crippen molar-refractivity contribution >= 4 is 50.6 Å². The maximum absolute atomic E-state index is 12.1. The van der Waals surface area contributed by atoms with Crippen molar-refractivity contribution in [2.75, 3.05) is 0 Å². The number of halogens is 2. The van der Waals surface area contributed by atoms with Gasteiger partial charge in [-0.15, -0.1) is 15.9 Å². The number of thiophene rings is 1. The van der Waals surface area contributed by atoms with E-state index in [9.17, 15) is 14.9 Å². The van der Waals surface area contributed by atoms with Gasteiger partial charge < -0.3 is 10.1 Å². The summed E-state index contributed by atoms with van der Waals surface area (Å²) >= 11 is 10.0. The first-order valence-corrected chi connectivity index (χ1v) is 7.05. The molecule has 2 rings (SSSR count). The standard InChI is InChI=1S/C10H7BrClN3O3S/c1-5-13-9(11)10(15(17)18)14(5)8(16)4-6-2-3-7(12)19-6/h2-3H,4H2,1H3. The predicted molar refractivity (Wildman–Crippen MR) is 75.0 cm³/mol. The minimum Gasteiger partial charge on any atom is -0.358 e. The predicted octanol–water partition coefficient (Wildman–Crippen LogP) is 3.46. The van der Waals surface area contributed by atoms with E-state index in [2.05, 4.69) is 20.9 Å². The normalized spacial score (nSPS) is 10.7. The second-order valence-electron chi connectivity index (χ2n) is 3.64. The molecular weight excluding hydrogens is 358 g/mol. The summed E-state index contributed by atoms with van der Waals surface area (Å²) in [7, 11) is 0. The van der Waals surface area contributed by atoms with Crippen molar-refractivity contribution in [2.45, 2.75) is 13.3 Å². The summed E-state index contributed by atoms with van der Waals surface area (Å²) in [5, 5.41) is 11.0. The van der Waals surface area contributed by atoms with Crippen molar-refractivity contribution in [3.63, 3.8) is 0 Å². The van der Waals surface area contributed by atoms with E-state index in [4.69, 9.17) is 11.6 Å². The maximum atomic E-state index is 12.1. The molecule has 0 atom stereocenters. The van der Waals surface area contributed by atoms with Gasteiger partial charge in [-0.25, -0.2) is 4.79 Å². The number of aryl methyl sites for hydroxylation is 1. The van der Waals surface area contributed by atoms with E-state index in [1.807, 2.05) is 0 Å². The van der Waals surface area contributed by atoms with E-state index >= 15 is 0 Å². The van der Waals surface area contributed by atoms with Crippen LogP contribution in [0.4, 0.5) is 5.82 Å². The number of hydrogen-bond acceptors (Lipinski definition) is 5. The van der Waals surface area contributed by atoms with Crippen molar-refractivity contribution in [1.82, 2.24) is 9.55 Å². The zero-order chi connectivity index (χ0) is 14.2. The van der Waals surface area contributed by atoms with Crippen LogP contribution in [0.15, 0.2) is 16.7 Å². The van der Waals surface area contributed by atoms with Crippen LogP contribution in [-0.4, -0.2) is 20.4 Å². The van der Waals surface area contributed by atoms with Crippen molar-refractivity contribution in [3.05, 3.63) is 41.9 Å². The number of nitrogens with zero attached hydrogens (tertiary/aromatic N) is 3. The van der Waals surface area contributed by atoms with E-state index in [1.54, 1.807) is 12.1 Å². The number of carbonyl (C=O) groups is 1. The van der Waals surface area contributed by atoms with Crippen LogP contribution in [0.25, 0.3) is 0 Å². The topological polar surface area (TPSA) is 78.0 Å². The lowest BCUT2D eigenvalue weighted by atomic mass is 10.3. The molecule has 9 heteroatoms. The fraction of sp³-hybridized carbons (Fsp3) is 0.200. The molecule has 2 aromatic rings. The molecule has 0 saturated carbocycles. The molecule has 0 aliphatic heterocycles. The van der Waals surface area contributed by atoms with Crippen molar-refractivity contribution in [1.29, 1.82) is 0 Å². The van der Waals surface area contributed by atoms with Gasteiger partial charge in [0, 0.05) is 11.8 Å². The molecule has 0 aliphatic carbocycles. The summed E-state index contributed by atoms with van der Waals surface area (Å²) < 4.78 is 1.62. The van der Waals surface area contributed by atoms with Gasteiger partial charge in [0.2, 0.25) is 10.4 Å². The minimum absolute atomic E-state index is 0.0435. The molecular formula is C10H7BrClN3O3S. The van der Waals surface area contributed by atoms with Crippen molar-refractivity contribution < 1.29 is 9.72 Å². The van der Waals surface area contributed by atoms with Crippen LogP contribution in [-0.2, 0) is 6.42 Å². The van der Waals surface area contributed by atoms with Gasteiger partial charge in [0.25, 0.3) is 0 Å². The van der Waals surface area contributed by atoms with Crippen LogP contribution >= 0.6 is 38.9 Å². The molecule has 0 aliphatic rings. The van der Waals surface area contributed by atoms with E-state index in [0.717, 1.165) is 9.44 Å². The third-order valence-electron chi connectivity index (χ3n) is 2.36. The largest absolute Gasteiger partial charge is 0.365 e. The maximum Gasteiger partial charge on any atom is 0.365 e. The summed E-state index contributed by atoms with van der Waals surface area (Å²) in [5.74, 6) is -0.503. The first-order valence-electron chi connectivity index (χ1n) is 5.06. The Morgan fingerprint density at radius 2 is 2.32 bits per heavy atom. The second-order valence-corrected chi connectivity index (χ2v) is 6.19. The molecule has 0 spiro atoms. The van der Waals surface area contributed by atoms with E-state index in [-0.39, 0.29) is 22.7 Å². The Hall–Kier alpha value is -1.25. The highest BCUT2D eigenvalue weighted by Crippen LogP contribution is 2.27. The fourth-order valence-corrected chi connectivity index (χ4v) is 3.28. The van der Waals surface area contributed by atoms with Gasteiger partial charge in [0.15, 0.2) is 0 Å². The molecule has 0 fully saturated rings. The number of rotatable bonds is 3. The lowest BCUT2D eigenvalue weighted by Gasteiger charge is -2.00. The quantitative estimate of drug-likeness (QED) is 0.617. The van der Waals surface area contributed by atoms with Gasteiger partial charge in [-0.3, -0.25) is 0 Å². The van der Waals surface area contributed by atoms with Gasteiger partial charge in [0.05, 0.1) is 10.8 Å². The van der Waals surface area contributed by atoms with Crippen LogP contribution in [0.2, 0.25) is 4.34 Å². The van der Waals surface area contributed by atoms with Crippen LogP contribution in [0.1, 0.15) is 15.5 Å². The first kappa shape index (κ1) is 14.2. The number of nitro groups is 1. The Balaban J connectivity index is 2.36. The first-order chi connectivity index (χ1) is 8.90. The fourth-order valence-electron chi connectivity index (χ4n) is 1.62. The Bertz CT molecular complexity index is 667. The number of imidazole rings is 1. The monoisotopic (exact) mass is 363 g/mol. The third-order valence-corrected chi connectivity index (χ3v) is 4.12. The molecule has 0 amide bonds. The summed E-state index contributed by atoms with van der Waals surface area (Å²) in [6.45, 7) is 1.54. The highest BCUT2D eigenvalue weighted by molar-refractivity contribution is 9.10. The van der Waals surface area contributed by atoms with Gasteiger partial charge in [0.1, 0.15) is 0 Å². The summed E-state index contributed by atoms with van der Waals surface area (Å²) in [6, 6.07) is 3.40. The van der Waals surface area contributed by atoms with Gasteiger partial charge in [-0.2, -0.15) is 4.98 Å². The molecule has 0 saturated heterocycles. The van der Waals surface area contributed by atoms with Gasteiger partial charge >= 0.3 is 11.7 Å². The smallest absolute Gasteiger partial charge is 0.358 e. The summed E-state index contributed by atoms with van der Waals surface area (Å²) in [5.41, 5.74) is 0. The molecule has 2 heterocycles. The second kappa shape index (κ2) is 5.40. The highest BCUT2D eigenvalue weighted by atomic mass is 79.9. The minimum atomic E-state index is -0.636. The Morgan fingerprint density at radius 1 is 1.63 bits per heavy atom. The van der Waals surface area contributed by atoms with E-state index in [0.29, 0.717) is 4.34 Å². The van der Waals surface area contributed by atoms with Crippen molar-refractivity contribution in [2.24, 2.45) is 0 Å². The average Bonchev–Trinajstić information content (AvgIpc) is 2.82. The molecule has 0 unspecified atom stereocenters. The van der Waals surface area contributed by atoms with E-state index < -0.39 is 10.8 Å². The van der Waals surface area contributed by atoms with Crippen LogP contribution in [0, 0.1) is 17.0 Å². The molecule has 0 aromatic carbocycles.